The highest BCUT2D eigenvalue weighted by molar-refractivity contribution is 6.30. The van der Waals surface area contributed by atoms with Crippen LogP contribution in [0.4, 0.5) is 5.82 Å². The number of piperidine rings is 1. The summed E-state index contributed by atoms with van der Waals surface area (Å²) in [5.74, 6) is 2.62. The minimum absolute atomic E-state index is 0.0157. The van der Waals surface area contributed by atoms with Gasteiger partial charge in [-0.15, -0.1) is 0 Å². The number of fused-ring (bicyclic) bond motifs is 1. The Kier molecular flexibility index (Phi) is 5.04. The molecule has 0 bridgehead atoms. The van der Waals surface area contributed by atoms with Gasteiger partial charge in [0.05, 0.1) is 12.2 Å². The zero-order chi connectivity index (χ0) is 19.0. The van der Waals surface area contributed by atoms with Gasteiger partial charge in [-0.2, -0.15) is 0 Å². The molecule has 1 aromatic heterocycles. The van der Waals surface area contributed by atoms with Gasteiger partial charge >= 0.3 is 0 Å². The van der Waals surface area contributed by atoms with Crippen molar-refractivity contribution in [1.29, 1.82) is 0 Å². The zero-order valence-electron chi connectivity index (χ0n) is 15.9. The third kappa shape index (κ3) is 3.79. The molecule has 0 saturated carbocycles. The Morgan fingerprint density at radius 1 is 1.19 bits per heavy atom. The van der Waals surface area contributed by atoms with E-state index >= 15 is 0 Å². The summed E-state index contributed by atoms with van der Waals surface area (Å²) in [7, 11) is 0. The van der Waals surface area contributed by atoms with E-state index < -0.39 is 0 Å². The number of rotatable bonds is 2. The molecule has 1 aromatic carbocycles. The second-order valence-electron chi connectivity index (χ2n) is 7.68. The topological polar surface area (TPSA) is 49.3 Å². The van der Waals surface area contributed by atoms with E-state index in [-0.39, 0.29) is 5.91 Å². The Balaban J connectivity index is 1.62. The van der Waals surface area contributed by atoms with Crippen molar-refractivity contribution in [3.63, 3.8) is 0 Å². The highest BCUT2D eigenvalue weighted by Gasteiger charge is 2.29. The van der Waals surface area contributed by atoms with Crippen molar-refractivity contribution in [1.82, 2.24) is 14.9 Å². The number of carbonyl (C=O) groups is 1. The molecule has 0 radical (unpaired) electrons. The van der Waals surface area contributed by atoms with E-state index in [0.717, 1.165) is 48.3 Å². The van der Waals surface area contributed by atoms with Crippen LogP contribution in [0, 0.1) is 12.8 Å². The first-order chi connectivity index (χ1) is 13.0. The molecule has 0 atom stereocenters. The lowest BCUT2D eigenvalue weighted by molar-refractivity contribution is 0.0733. The Morgan fingerprint density at radius 3 is 2.70 bits per heavy atom. The molecule has 1 saturated heterocycles. The summed E-state index contributed by atoms with van der Waals surface area (Å²) in [6, 6.07) is 7.16. The summed E-state index contributed by atoms with van der Waals surface area (Å²) in [5, 5.41) is 0.584. The van der Waals surface area contributed by atoms with E-state index in [2.05, 4.69) is 16.8 Å². The van der Waals surface area contributed by atoms with Crippen LogP contribution in [0.5, 0.6) is 0 Å². The first kappa shape index (κ1) is 18.2. The van der Waals surface area contributed by atoms with Crippen molar-refractivity contribution in [3.8, 4) is 0 Å². The second kappa shape index (κ2) is 7.47. The van der Waals surface area contributed by atoms with Crippen molar-refractivity contribution < 1.29 is 4.79 Å². The molecular weight excluding hydrogens is 360 g/mol. The number of halogens is 1. The van der Waals surface area contributed by atoms with Crippen molar-refractivity contribution >= 4 is 23.3 Å². The number of benzene rings is 1. The molecule has 0 unspecified atom stereocenters. The summed E-state index contributed by atoms with van der Waals surface area (Å²) >= 11 is 6.07. The molecule has 1 amide bonds. The van der Waals surface area contributed by atoms with Crippen LogP contribution in [-0.4, -0.2) is 40.4 Å². The average Bonchev–Trinajstić information content (AvgIpc) is 2.67. The van der Waals surface area contributed by atoms with E-state index in [9.17, 15) is 4.79 Å². The minimum Gasteiger partial charge on any atom is -0.356 e. The molecule has 2 aromatic rings. The predicted octanol–water partition coefficient (Wildman–Crippen LogP) is 3.87. The quantitative estimate of drug-likeness (QED) is 0.788. The second-order valence-corrected chi connectivity index (χ2v) is 8.11. The molecule has 0 aliphatic carbocycles. The van der Waals surface area contributed by atoms with Crippen molar-refractivity contribution in [2.45, 2.75) is 39.7 Å². The monoisotopic (exact) mass is 384 g/mol. The number of carbonyl (C=O) groups excluding carboxylic acids is 1. The van der Waals surface area contributed by atoms with Gasteiger partial charge in [0.15, 0.2) is 0 Å². The van der Waals surface area contributed by atoms with Crippen LogP contribution in [0.2, 0.25) is 5.02 Å². The molecular formula is C21H25ClN4O. The standard InChI is InChI=1S/C21H25ClN4O/c1-14-6-9-25(10-7-14)20-18-13-26(11-8-19(18)23-15(2)24-20)21(27)16-4-3-5-17(22)12-16/h3-5,12,14H,6-11,13H2,1-2H3. The lowest BCUT2D eigenvalue weighted by Crippen LogP contribution is -2.40. The first-order valence-corrected chi connectivity index (χ1v) is 10.0. The number of aryl methyl sites for hydroxylation is 1. The van der Waals surface area contributed by atoms with Crippen LogP contribution in [-0.2, 0) is 13.0 Å². The van der Waals surface area contributed by atoms with E-state index in [1.807, 2.05) is 24.0 Å². The van der Waals surface area contributed by atoms with Crippen molar-refractivity contribution in [3.05, 3.63) is 51.9 Å². The lowest BCUT2D eigenvalue weighted by Gasteiger charge is -2.36. The maximum atomic E-state index is 13.0. The Morgan fingerprint density at radius 2 is 1.96 bits per heavy atom. The molecule has 3 heterocycles. The van der Waals surface area contributed by atoms with Crippen LogP contribution in [0.15, 0.2) is 24.3 Å². The molecule has 5 nitrogen and oxygen atoms in total. The van der Waals surface area contributed by atoms with Crippen LogP contribution in [0.1, 0.15) is 47.2 Å². The van der Waals surface area contributed by atoms with E-state index in [1.54, 1.807) is 12.1 Å². The SMILES string of the molecule is Cc1nc2c(c(N3CCC(C)CC3)n1)CN(C(=O)c1cccc(Cl)c1)CC2. The predicted molar refractivity (Wildman–Crippen MR) is 107 cm³/mol. The van der Waals surface area contributed by atoms with Gasteiger partial charge in [0.25, 0.3) is 5.91 Å². The Labute approximate surface area is 165 Å². The lowest BCUT2D eigenvalue weighted by atomic mass is 9.98. The highest BCUT2D eigenvalue weighted by atomic mass is 35.5. The summed E-state index contributed by atoms with van der Waals surface area (Å²) in [5.41, 5.74) is 2.83. The smallest absolute Gasteiger partial charge is 0.254 e. The maximum Gasteiger partial charge on any atom is 0.254 e. The van der Waals surface area contributed by atoms with Gasteiger partial charge < -0.3 is 9.80 Å². The first-order valence-electron chi connectivity index (χ1n) is 9.67. The van der Waals surface area contributed by atoms with Gasteiger partial charge in [-0.05, 0) is 43.9 Å². The van der Waals surface area contributed by atoms with Crippen LogP contribution < -0.4 is 4.90 Å². The molecule has 2 aliphatic heterocycles. The normalized spacial score (nSPS) is 17.7. The van der Waals surface area contributed by atoms with E-state index in [0.29, 0.717) is 23.7 Å². The Hall–Kier alpha value is -2.14. The molecule has 27 heavy (non-hydrogen) atoms. The number of anilines is 1. The summed E-state index contributed by atoms with van der Waals surface area (Å²) < 4.78 is 0. The van der Waals surface area contributed by atoms with Crippen LogP contribution in [0.25, 0.3) is 0 Å². The van der Waals surface area contributed by atoms with Gasteiger partial charge in [-0.1, -0.05) is 24.6 Å². The fraction of sp³-hybridized carbons (Fsp3) is 0.476. The number of hydrogen-bond donors (Lipinski definition) is 0. The molecule has 0 N–H and O–H groups in total. The summed E-state index contributed by atoms with van der Waals surface area (Å²) in [6.07, 6.45) is 3.13. The summed E-state index contributed by atoms with van der Waals surface area (Å²) in [6.45, 7) is 7.54. The largest absolute Gasteiger partial charge is 0.356 e. The van der Waals surface area contributed by atoms with Crippen LogP contribution >= 0.6 is 11.6 Å². The van der Waals surface area contributed by atoms with Crippen molar-refractivity contribution in [2.24, 2.45) is 5.92 Å². The van der Waals surface area contributed by atoms with Gasteiger partial charge in [-0.3, -0.25) is 4.79 Å². The number of nitrogens with zero attached hydrogens (tertiary/aromatic N) is 4. The summed E-state index contributed by atoms with van der Waals surface area (Å²) in [4.78, 5) is 26.7. The number of hydrogen-bond acceptors (Lipinski definition) is 4. The van der Waals surface area contributed by atoms with Gasteiger partial charge in [0.2, 0.25) is 0 Å². The van der Waals surface area contributed by atoms with E-state index in [1.165, 1.54) is 12.8 Å². The molecule has 0 spiro atoms. The minimum atomic E-state index is 0.0157. The fourth-order valence-corrected chi connectivity index (χ4v) is 4.17. The molecule has 4 rings (SSSR count). The number of amides is 1. The molecule has 6 heteroatoms. The van der Waals surface area contributed by atoms with Gasteiger partial charge in [0.1, 0.15) is 11.6 Å². The average molecular weight is 385 g/mol. The van der Waals surface area contributed by atoms with Gasteiger partial charge in [0, 0.05) is 42.2 Å². The van der Waals surface area contributed by atoms with Crippen LogP contribution in [0.3, 0.4) is 0 Å². The third-order valence-electron chi connectivity index (χ3n) is 5.59. The molecule has 2 aliphatic rings. The van der Waals surface area contributed by atoms with Gasteiger partial charge in [-0.25, -0.2) is 9.97 Å². The Bertz CT molecular complexity index is 861. The zero-order valence-corrected chi connectivity index (χ0v) is 16.7. The highest BCUT2D eigenvalue weighted by Crippen LogP contribution is 2.30. The maximum absolute atomic E-state index is 13.0. The van der Waals surface area contributed by atoms with Crippen molar-refractivity contribution in [2.75, 3.05) is 24.5 Å². The van der Waals surface area contributed by atoms with E-state index in [4.69, 9.17) is 16.6 Å². The molecule has 142 valence electrons. The number of aromatic nitrogens is 2. The fourth-order valence-electron chi connectivity index (χ4n) is 3.98. The molecule has 1 fully saturated rings. The third-order valence-corrected chi connectivity index (χ3v) is 5.83.